The van der Waals surface area contributed by atoms with E-state index in [0.29, 0.717) is 4.21 Å². The van der Waals surface area contributed by atoms with Crippen molar-refractivity contribution in [2.75, 3.05) is 18.1 Å². The van der Waals surface area contributed by atoms with E-state index in [4.69, 9.17) is 0 Å². The predicted molar refractivity (Wildman–Crippen MR) is 89.1 cm³/mol. The fourth-order valence-electron chi connectivity index (χ4n) is 1.63. The molecule has 0 bridgehead atoms. The monoisotopic (exact) mass is 336 g/mol. The molecule has 1 unspecified atom stereocenters. The van der Waals surface area contributed by atoms with E-state index >= 15 is 0 Å². The minimum atomic E-state index is -3.37. The highest BCUT2D eigenvalue weighted by Gasteiger charge is 2.19. The second kappa shape index (κ2) is 9.04. The first kappa shape index (κ1) is 18.0. The Morgan fingerprint density at radius 2 is 2.10 bits per heavy atom. The zero-order valence-corrected chi connectivity index (χ0v) is 14.8. The number of hydrogen-bond donors (Lipinski definition) is 2. The molecule has 1 aromatic rings. The highest BCUT2D eigenvalue weighted by atomic mass is 32.2. The summed E-state index contributed by atoms with van der Waals surface area (Å²) in [5.74, 6) is 2.05. The van der Waals surface area contributed by atoms with Crippen molar-refractivity contribution < 1.29 is 8.42 Å². The molecule has 0 aliphatic carbocycles. The van der Waals surface area contributed by atoms with Crippen molar-refractivity contribution in [3.05, 3.63) is 17.0 Å². The van der Waals surface area contributed by atoms with Crippen LogP contribution in [0.2, 0.25) is 0 Å². The lowest BCUT2D eigenvalue weighted by Gasteiger charge is -2.12. The Labute approximate surface area is 130 Å². The third-order valence-corrected chi connectivity index (χ3v) is 6.81. The van der Waals surface area contributed by atoms with Crippen molar-refractivity contribution >= 4 is 33.1 Å². The molecule has 2 N–H and O–H groups in total. The average molecular weight is 337 g/mol. The van der Waals surface area contributed by atoms with Crippen LogP contribution in [0.15, 0.2) is 16.3 Å². The standard InChI is InChI=1S/C13H24N2O2S3/c1-4-14-10-12-6-7-13(19-12)20(16,17)15-11(3)8-9-18-5-2/h6-7,11,14-15H,4-5,8-10H2,1-3H3. The average Bonchev–Trinajstić information content (AvgIpc) is 2.85. The second-order valence-electron chi connectivity index (χ2n) is 4.51. The molecule has 0 aromatic carbocycles. The van der Waals surface area contributed by atoms with Crippen LogP contribution < -0.4 is 10.0 Å². The van der Waals surface area contributed by atoms with Gasteiger partial charge in [-0.25, -0.2) is 13.1 Å². The summed E-state index contributed by atoms with van der Waals surface area (Å²) < 4.78 is 27.6. The van der Waals surface area contributed by atoms with Crippen molar-refractivity contribution in [3.63, 3.8) is 0 Å². The third-order valence-electron chi connectivity index (χ3n) is 2.71. The lowest BCUT2D eigenvalue weighted by atomic mass is 10.3. The molecule has 0 saturated heterocycles. The van der Waals surface area contributed by atoms with Gasteiger partial charge in [-0.05, 0) is 43.5 Å². The van der Waals surface area contributed by atoms with Gasteiger partial charge >= 0.3 is 0 Å². The van der Waals surface area contributed by atoms with Crippen molar-refractivity contribution in [1.82, 2.24) is 10.0 Å². The molecule has 1 aromatic heterocycles. The maximum absolute atomic E-state index is 12.2. The summed E-state index contributed by atoms with van der Waals surface area (Å²) in [6, 6.07) is 3.53. The highest BCUT2D eigenvalue weighted by molar-refractivity contribution is 7.99. The molecule has 0 aliphatic heterocycles. The van der Waals surface area contributed by atoms with Crippen molar-refractivity contribution in [1.29, 1.82) is 0 Å². The van der Waals surface area contributed by atoms with Crippen molar-refractivity contribution in [3.8, 4) is 0 Å². The number of sulfonamides is 1. The van der Waals surface area contributed by atoms with Crippen LogP contribution in [0.1, 0.15) is 32.1 Å². The summed E-state index contributed by atoms with van der Waals surface area (Å²) in [6.45, 7) is 7.66. The van der Waals surface area contributed by atoms with Gasteiger partial charge in [0.2, 0.25) is 10.0 Å². The van der Waals surface area contributed by atoms with Gasteiger partial charge in [-0.15, -0.1) is 11.3 Å². The molecule has 1 atom stereocenters. The van der Waals surface area contributed by atoms with Crippen LogP contribution in [0.4, 0.5) is 0 Å². The quantitative estimate of drug-likeness (QED) is 0.645. The lowest BCUT2D eigenvalue weighted by Crippen LogP contribution is -2.32. The number of hydrogen-bond acceptors (Lipinski definition) is 5. The molecule has 1 rings (SSSR count). The Balaban J connectivity index is 2.57. The Morgan fingerprint density at radius 1 is 1.35 bits per heavy atom. The maximum atomic E-state index is 12.2. The van der Waals surface area contributed by atoms with Crippen LogP contribution >= 0.6 is 23.1 Å². The Hall–Kier alpha value is -0.0800. The van der Waals surface area contributed by atoms with Gasteiger partial charge in [0.15, 0.2) is 0 Å². The van der Waals surface area contributed by atoms with E-state index in [1.54, 1.807) is 6.07 Å². The SMILES string of the molecule is CCNCc1ccc(S(=O)(=O)NC(C)CCSCC)s1. The fraction of sp³-hybridized carbons (Fsp3) is 0.692. The third kappa shape index (κ3) is 6.13. The van der Waals surface area contributed by atoms with Gasteiger partial charge in [0.05, 0.1) is 0 Å². The molecule has 7 heteroatoms. The van der Waals surface area contributed by atoms with E-state index in [9.17, 15) is 8.42 Å². The molecular formula is C13H24N2O2S3. The smallest absolute Gasteiger partial charge is 0.250 e. The zero-order valence-electron chi connectivity index (χ0n) is 12.3. The Morgan fingerprint density at radius 3 is 2.75 bits per heavy atom. The molecule has 0 amide bonds. The number of nitrogens with one attached hydrogen (secondary N) is 2. The summed E-state index contributed by atoms with van der Waals surface area (Å²) in [4.78, 5) is 1.04. The predicted octanol–water partition coefficient (Wildman–Crippen LogP) is 2.67. The van der Waals surface area contributed by atoms with Crippen molar-refractivity contribution in [2.45, 2.75) is 44.0 Å². The fourth-order valence-corrected chi connectivity index (χ4v) is 5.06. The minimum absolute atomic E-state index is 0.0293. The van der Waals surface area contributed by atoms with E-state index in [2.05, 4.69) is 17.0 Å². The zero-order chi connectivity index (χ0) is 15.0. The lowest BCUT2D eigenvalue weighted by molar-refractivity contribution is 0.559. The van der Waals surface area contributed by atoms with Gasteiger partial charge < -0.3 is 5.32 Å². The Bertz CT molecular complexity index is 486. The summed E-state index contributed by atoms with van der Waals surface area (Å²) in [5, 5.41) is 3.20. The molecule has 4 nitrogen and oxygen atoms in total. The van der Waals surface area contributed by atoms with Gasteiger partial charge in [-0.3, -0.25) is 0 Å². The van der Waals surface area contributed by atoms with Crippen LogP contribution in [0.5, 0.6) is 0 Å². The highest BCUT2D eigenvalue weighted by Crippen LogP contribution is 2.22. The van der Waals surface area contributed by atoms with Gasteiger partial charge in [0.25, 0.3) is 0 Å². The second-order valence-corrected chi connectivity index (χ2v) is 9.01. The number of thiophene rings is 1. The van der Waals surface area contributed by atoms with E-state index in [1.807, 2.05) is 31.7 Å². The molecular weight excluding hydrogens is 312 g/mol. The first-order valence-corrected chi connectivity index (χ1v) is 10.3. The van der Waals surface area contributed by atoms with Gasteiger partial charge in [0.1, 0.15) is 4.21 Å². The maximum Gasteiger partial charge on any atom is 0.250 e. The van der Waals surface area contributed by atoms with Crippen molar-refractivity contribution in [2.24, 2.45) is 0 Å². The largest absolute Gasteiger partial charge is 0.312 e. The van der Waals surface area contributed by atoms with Crippen LogP contribution in [-0.2, 0) is 16.6 Å². The van der Waals surface area contributed by atoms with Gasteiger partial charge in [0, 0.05) is 17.5 Å². The first-order chi connectivity index (χ1) is 9.49. The molecule has 116 valence electrons. The Kier molecular flexibility index (Phi) is 8.13. The van der Waals surface area contributed by atoms with Crippen LogP contribution in [0.3, 0.4) is 0 Å². The van der Waals surface area contributed by atoms with E-state index in [1.165, 1.54) is 11.3 Å². The molecule has 0 radical (unpaired) electrons. The molecule has 1 heterocycles. The van der Waals surface area contributed by atoms with E-state index < -0.39 is 10.0 Å². The number of rotatable bonds is 10. The van der Waals surface area contributed by atoms with Crippen LogP contribution in [0.25, 0.3) is 0 Å². The van der Waals surface area contributed by atoms with E-state index in [-0.39, 0.29) is 6.04 Å². The topological polar surface area (TPSA) is 58.2 Å². The molecule has 20 heavy (non-hydrogen) atoms. The first-order valence-electron chi connectivity index (χ1n) is 6.89. The summed E-state index contributed by atoms with van der Waals surface area (Å²) in [6.07, 6.45) is 0.855. The molecule has 0 fully saturated rings. The summed E-state index contributed by atoms with van der Waals surface area (Å²) in [5.41, 5.74) is 0. The van der Waals surface area contributed by atoms with E-state index in [0.717, 1.165) is 35.9 Å². The number of thioether (sulfide) groups is 1. The minimum Gasteiger partial charge on any atom is -0.312 e. The van der Waals surface area contributed by atoms with Crippen LogP contribution in [0, 0.1) is 0 Å². The molecule has 0 spiro atoms. The van der Waals surface area contributed by atoms with Gasteiger partial charge in [-0.2, -0.15) is 11.8 Å². The molecule has 0 saturated carbocycles. The summed E-state index contributed by atoms with van der Waals surface area (Å²) in [7, 11) is -3.37. The van der Waals surface area contributed by atoms with Gasteiger partial charge in [-0.1, -0.05) is 13.8 Å². The van der Waals surface area contributed by atoms with Crippen LogP contribution in [-0.4, -0.2) is 32.5 Å². The summed E-state index contributed by atoms with van der Waals surface area (Å²) >= 11 is 3.16. The molecule has 0 aliphatic rings. The normalized spacial score (nSPS) is 13.6.